The molecule has 1 amide bonds. The van der Waals surface area contributed by atoms with E-state index in [-0.39, 0.29) is 11.8 Å². The molecule has 0 fully saturated rings. The van der Waals surface area contributed by atoms with Gasteiger partial charge in [-0.15, -0.1) is 6.58 Å². The summed E-state index contributed by atoms with van der Waals surface area (Å²) in [5.74, 6) is -0.0510. The van der Waals surface area contributed by atoms with E-state index >= 15 is 0 Å². The van der Waals surface area contributed by atoms with E-state index in [2.05, 4.69) is 40.3 Å². The molecule has 2 rings (SSSR count). The van der Waals surface area contributed by atoms with Crippen LogP contribution in [0.4, 0.5) is 0 Å². The van der Waals surface area contributed by atoms with E-state index in [1.807, 2.05) is 55.5 Å². The molecule has 0 aliphatic heterocycles. The van der Waals surface area contributed by atoms with Gasteiger partial charge < -0.3 is 0 Å². The number of amides is 1. The van der Waals surface area contributed by atoms with E-state index in [1.165, 1.54) is 0 Å². The number of hydrazine groups is 1. The molecule has 0 heterocycles. The topological polar surface area (TPSA) is 41.1 Å². The van der Waals surface area contributed by atoms with E-state index in [9.17, 15) is 4.79 Å². The van der Waals surface area contributed by atoms with Gasteiger partial charge in [0, 0.05) is 10.0 Å². The minimum absolute atomic E-state index is 0.111. The average molecular weight is 373 g/mol. The maximum absolute atomic E-state index is 12.3. The highest BCUT2D eigenvalue weighted by Gasteiger charge is 2.31. The lowest BCUT2D eigenvalue weighted by atomic mass is 9.81. The Hall–Kier alpha value is -1.91. The summed E-state index contributed by atoms with van der Waals surface area (Å²) in [5.41, 5.74) is 7.23. The van der Waals surface area contributed by atoms with Crippen molar-refractivity contribution in [1.82, 2.24) is 10.9 Å². The second-order valence-electron chi connectivity index (χ2n) is 5.68. The molecule has 0 bridgehead atoms. The fraction of sp³-hybridized carbons (Fsp3) is 0.211. The lowest BCUT2D eigenvalue weighted by Gasteiger charge is -2.36. The van der Waals surface area contributed by atoms with Gasteiger partial charge in [0.15, 0.2) is 0 Å². The second-order valence-corrected chi connectivity index (χ2v) is 6.59. The predicted molar refractivity (Wildman–Crippen MR) is 97.9 cm³/mol. The monoisotopic (exact) mass is 372 g/mol. The Morgan fingerprint density at radius 2 is 1.78 bits per heavy atom. The predicted octanol–water partition coefficient (Wildman–Crippen LogP) is 4.42. The standard InChI is InChI=1S/C19H21BrN2O/c1-4-14(2)19(3,16-10-12-17(20)13-11-16)22-21-18(23)15-8-6-5-7-9-15/h4-14,22H,1H2,2-3H3,(H,21,23)/t14-,19+/m0/s1. The van der Waals surface area contributed by atoms with E-state index < -0.39 is 5.54 Å². The van der Waals surface area contributed by atoms with Gasteiger partial charge in [-0.2, -0.15) is 0 Å². The number of carbonyl (C=O) groups is 1. The van der Waals surface area contributed by atoms with Gasteiger partial charge in [0.05, 0.1) is 5.54 Å². The summed E-state index contributed by atoms with van der Waals surface area (Å²) in [7, 11) is 0. The van der Waals surface area contributed by atoms with Crippen LogP contribution in [-0.4, -0.2) is 5.91 Å². The molecule has 0 saturated carbocycles. The summed E-state index contributed by atoms with van der Waals surface area (Å²) in [6.45, 7) is 8.01. The van der Waals surface area contributed by atoms with Crippen LogP contribution < -0.4 is 10.9 Å². The first-order chi connectivity index (χ1) is 11.0. The van der Waals surface area contributed by atoms with Crippen LogP contribution in [0.3, 0.4) is 0 Å². The van der Waals surface area contributed by atoms with Gasteiger partial charge in [0.1, 0.15) is 0 Å². The molecule has 2 aromatic rings. The van der Waals surface area contributed by atoms with E-state index in [0.29, 0.717) is 5.56 Å². The minimum Gasteiger partial charge on any atom is -0.287 e. The van der Waals surface area contributed by atoms with Gasteiger partial charge in [-0.1, -0.05) is 59.3 Å². The van der Waals surface area contributed by atoms with Crippen molar-refractivity contribution < 1.29 is 4.79 Å². The zero-order valence-electron chi connectivity index (χ0n) is 13.3. The van der Waals surface area contributed by atoms with Crippen molar-refractivity contribution in [3.63, 3.8) is 0 Å². The van der Waals surface area contributed by atoms with Gasteiger partial charge in [0.25, 0.3) is 5.91 Å². The SMILES string of the molecule is C=C[C@H](C)[C@@](C)(NNC(=O)c1ccccc1)c1ccc(Br)cc1. The summed E-state index contributed by atoms with van der Waals surface area (Å²) in [5, 5.41) is 0. The number of nitrogens with one attached hydrogen (secondary N) is 2. The number of rotatable bonds is 6. The molecule has 0 aromatic heterocycles. The Bertz CT molecular complexity index is 670. The molecule has 23 heavy (non-hydrogen) atoms. The number of benzene rings is 2. The Kier molecular flexibility index (Phi) is 5.74. The quantitative estimate of drug-likeness (QED) is 0.581. The van der Waals surface area contributed by atoms with Gasteiger partial charge in [0.2, 0.25) is 0 Å². The van der Waals surface area contributed by atoms with Crippen LogP contribution in [0.25, 0.3) is 0 Å². The lowest BCUT2D eigenvalue weighted by Crippen LogP contribution is -2.53. The number of hydrogen-bond acceptors (Lipinski definition) is 2. The first-order valence-electron chi connectivity index (χ1n) is 7.48. The summed E-state index contributed by atoms with van der Waals surface area (Å²) >= 11 is 3.45. The summed E-state index contributed by atoms with van der Waals surface area (Å²) in [4.78, 5) is 12.3. The molecular weight excluding hydrogens is 352 g/mol. The van der Waals surface area contributed by atoms with Crippen molar-refractivity contribution in [1.29, 1.82) is 0 Å². The van der Waals surface area contributed by atoms with Crippen LogP contribution in [0.2, 0.25) is 0 Å². The van der Waals surface area contributed by atoms with Crippen molar-refractivity contribution in [2.45, 2.75) is 19.4 Å². The zero-order chi connectivity index (χ0) is 16.9. The van der Waals surface area contributed by atoms with Crippen LogP contribution in [0.15, 0.2) is 71.7 Å². The molecule has 2 aromatic carbocycles. The lowest BCUT2D eigenvalue weighted by molar-refractivity contribution is 0.0894. The molecule has 120 valence electrons. The van der Waals surface area contributed by atoms with Gasteiger partial charge in [-0.25, -0.2) is 5.43 Å². The summed E-state index contributed by atoms with van der Waals surface area (Å²) < 4.78 is 1.02. The molecule has 0 aliphatic rings. The second kappa shape index (κ2) is 7.57. The first kappa shape index (κ1) is 17.4. The van der Waals surface area contributed by atoms with Gasteiger partial charge >= 0.3 is 0 Å². The Balaban J connectivity index is 2.20. The van der Waals surface area contributed by atoms with Crippen molar-refractivity contribution in [2.75, 3.05) is 0 Å². The number of hydrogen-bond donors (Lipinski definition) is 2. The van der Waals surface area contributed by atoms with Crippen molar-refractivity contribution >= 4 is 21.8 Å². The molecule has 3 nitrogen and oxygen atoms in total. The normalized spacial score (nSPS) is 14.6. The average Bonchev–Trinajstić information content (AvgIpc) is 2.60. The number of halogens is 1. The smallest absolute Gasteiger partial charge is 0.265 e. The maximum Gasteiger partial charge on any atom is 0.265 e. The minimum atomic E-state index is -0.465. The molecule has 0 radical (unpaired) electrons. The van der Waals surface area contributed by atoms with E-state index in [1.54, 1.807) is 12.1 Å². The van der Waals surface area contributed by atoms with Gasteiger partial charge in [-0.05, 0) is 42.7 Å². The Morgan fingerprint density at radius 3 is 2.35 bits per heavy atom. The summed E-state index contributed by atoms with van der Waals surface area (Å²) in [6.07, 6.45) is 1.88. The molecule has 2 atom stereocenters. The maximum atomic E-state index is 12.3. The first-order valence-corrected chi connectivity index (χ1v) is 8.28. The van der Waals surface area contributed by atoms with Crippen molar-refractivity contribution in [3.05, 3.63) is 82.9 Å². The van der Waals surface area contributed by atoms with Crippen molar-refractivity contribution in [2.24, 2.45) is 5.92 Å². The van der Waals surface area contributed by atoms with Gasteiger partial charge in [-0.3, -0.25) is 10.2 Å². The number of carbonyl (C=O) groups excluding carboxylic acids is 1. The third-order valence-electron chi connectivity index (χ3n) is 4.18. The molecular formula is C19H21BrN2O. The summed E-state index contributed by atoms with van der Waals surface area (Å²) in [6, 6.07) is 17.2. The highest BCUT2D eigenvalue weighted by atomic mass is 79.9. The third kappa shape index (κ3) is 4.09. The Morgan fingerprint density at radius 1 is 1.17 bits per heavy atom. The fourth-order valence-corrected chi connectivity index (χ4v) is 2.59. The highest BCUT2D eigenvalue weighted by Crippen LogP contribution is 2.30. The molecule has 4 heteroatoms. The Labute approximate surface area is 145 Å². The largest absolute Gasteiger partial charge is 0.287 e. The molecule has 0 saturated heterocycles. The highest BCUT2D eigenvalue weighted by molar-refractivity contribution is 9.10. The van der Waals surface area contributed by atoms with Crippen LogP contribution in [-0.2, 0) is 5.54 Å². The molecule has 2 N–H and O–H groups in total. The van der Waals surface area contributed by atoms with Crippen molar-refractivity contribution in [3.8, 4) is 0 Å². The zero-order valence-corrected chi connectivity index (χ0v) is 14.9. The molecule has 0 unspecified atom stereocenters. The third-order valence-corrected chi connectivity index (χ3v) is 4.71. The van der Waals surface area contributed by atoms with E-state index in [4.69, 9.17) is 0 Å². The van der Waals surface area contributed by atoms with Crippen LogP contribution in [0, 0.1) is 5.92 Å². The fourth-order valence-electron chi connectivity index (χ4n) is 2.33. The van der Waals surface area contributed by atoms with Crippen LogP contribution in [0.1, 0.15) is 29.8 Å². The molecule has 0 spiro atoms. The van der Waals surface area contributed by atoms with Crippen LogP contribution >= 0.6 is 15.9 Å². The van der Waals surface area contributed by atoms with E-state index in [0.717, 1.165) is 10.0 Å². The molecule has 0 aliphatic carbocycles. The van der Waals surface area contributed by atoms with Crippen LogP contribution in [0.5, 0.6) is 0 Å².